The fourth-order valence-corrected chi connectivity index (χ4v) is 2.39. The molecule has 8 heteroatoms. The van der Waals surface area contributed by atoms with Gasteiger partial charge in [-0.2, -0.15) is 4.98 Å². The van der Waals surface area contributed by atoms with Crippen LogP contribution in [-0.2, 0) is 17.9 Å². The summed E-state index contributed by atoms with van der Waals surface area (Å²) >= 11 is 0. The van der Waals surface area contributed by atoms with E-state index in [0.29, 0.717) is 24.9 Å². The summed E-state index contributed by atoms with van der Waals surface area (Å²) in [6.45, 7) is 6.65. The van der Waals surface area contributed by atoms with Gasteiger partial charge in [0.2, 0.25) is 11.8 Å². The maximum Gasteiger partial charge on any atom is 0.240 e. The van der Waals surface area contributed by atoms with Crippen molar-refractivity contribution in [2.75, 3.05) is 38.2 Å². The Morgan fingerprint density at radius 3 is 2.59 bits per heavy atom. The molecule has 0 atom stereocenters. The van der Waals surface area contributed by atoms with Crippen molar-refractivity contribution in [3.05, 3.63) is 29.7 Å². The van der Waals surface area contributed by atoms with Gasteiger partial charge in [-0.1, -0.05) is 5.16 Å². The van der Waals surface area contributed by atoms with E-state index in [9.17, 15) is 0 Å². The standard InChI is InChI=1S/C14H20N6O2/c1-11-7-15-14(16-8-11)20-5-3-19(4-6-20)9-13-17-12(10-21-2)18-22-13/h7-8H,3-6,9-10H2,1-2H3. The smallest absolute Gasteiger partial charge is 0.240 e. The summed E-state index contributed by atoms with van der Waals surface area (Å²) < 4.78 is 10.2. The molecular formula is C14H20N6O2. The highest BCUT2D eigenvalue weighted by atomic mass is 16.5. The third-order valence-electron chi connectivity index (χ3n) is 3.56. The molecule has 0 amide bonds. The maximum atomic E-state index is 5.22. The Morgan fingerprint density at radius 1 is 1.18 bits per heavy atom. The van der Waals surface area contributed by atoms with Crippen molar-refractivity contribution in [1.82, 2.24) is 25.0 Å². The largest absolute Gasteiger partial charge is 0.377 e. The van der Waals surface area contributed by atoms with E-state index in [1.54, 1.807) is 7.11 Å². The second-order valence-corrected chi connectivity index (χ2v) is 5.36. The van der Waals surface area contributed by atoms with Crippen molar-refractivity contribution in [2.45, 2.75) is 20.1 Å². The van der Waals surface area contributed by atoms with Crippen molar-refractivity contribution >= 4 is 5.95 Å². The first-order valence-corrected chi connectivity index (χ1v) is 7.31. The van der Waals surface area contributed by atoms with Gasteiger partial charge in [-0.25, -0.2) is 9.97 Å². The van der Waals surface area contributed by atoms with E-state index < -0.39 is 0 Å². The number of aromatic nitrogens is 4. The number of aryl methyl sites for hydroxylation is 1. The quantitative estimate of drug-likeness (QED) is 0.796. The molecule has 0 bridgehead atoms. The number of hydrogen-bond donors (Lipinski definition) is 0. The van der Waals surface area contributed by atoms with E-state index in [1.165, 1.54) is 0 Å². The van der Waals surface area contributed by atoms with E-state index in [4.69, 9.17) is 9.26 Å². The molecule has 0 aliphatic carbocycles. The Kier molecular flexibility index (Phi) is 4.59. The second-order valence-electron chi connectivity index (χ2n) is 5.36. The maximum absolute atomic E-state index is 5.22. The highest BCUT2D eigenvalue weighted by molar-refractivity contribution is 5.30. The van der Waals surface area contributed by atoms with Gasteiger partial charge in [0.1, 0.15) is 6.61 Å². The highest BCUT2D eigenvalue weighted by Gasteiger charge is 2.20. The third kappa shape index (κ3) is 3.58. The molecule has 118 valence electrons. The highest BCUT2D eigenvalue weighted by Crippen LogP contribution is 2.12. The van der Waals surface area contributed by atoms with Gasteiger partial charge < -0.3 is 14.2 Å². The van der Waals surface area contributed by atoms with E-state index in [2.05, 4.69) is 29.9 Å². The molecular weight excluding hydrogens is 284 g/mol. The van der Waals surface area contributed by atoms with Crippen LogP contribution in [0.25, 0.3) is 0 Å². The van der Waals surface area contributed by atoms with Crippen LogP contribution in [0.1, 0.15) is 17.3 Å². The second kappa shape index (κ2) is 6.80. The Morgan fingerprint density at radius 2 is 1.91 bits per heavy atom. The normalized spacial score (nSPS) is 16.2. The van der Waals surface area contributed by atoms with E-state index in [-0.39, 0.29) is 0 Å². The zero-order valence-electron chi connectivity index (χ0n) is 12.9. The summed E-state index contributed by atoms with van der Waals surface area (Å²) in [7, 11) is 1.61. The average Bonchev–Trinajstić information content (AvgIpc) is 2.97. The molecule has 0 unspecified atom stereocenters. The van der Waals surface area contributed by atoms with Gasteiger partial charge >= 0.3 is 0 Å². The molecule has 0 radical (unpaired) electrons. The van der Waals surface area contributed by atoms with Crippen molar-refractivity contribution in [3.8, 4) is 0 Å². The molecule has 3 rings (SSSR count). The van der Waals surface area contributed by atoms with Gasteiger partial charge in [0.15, 0.2) is 5.82 Å². The minimum atomic E-state index is 0.377. The minimum absolute atomic E-state index is 0.377. The molecule has 22 heavy (non-hydrogen) atoms. The number of anilines is 1. The molecule has 8 nitrogen and oxygen atoms in total. The molecule has 1 aliphatic rings. The zero-order chi connectivity index (χ0) is 15.4. The number of nitrogens with zero attached hydrogens (tertiary/aromatic N) is 6. The topological polar surface area (TPSA) is 80.4 Å². The van der Waals surface area contributed by atoms with E-state index in [0.717, 1.165) is 37.7 Å². The fraction of sp³-hybridized carbons (Fsp3) is 0.571. The number of methoxy groups -OCH3 is 1. The van der Waals surface area contributed by atoms with Crippen LogP contribution in [0.5, 0.6) is 0 Å². The lowest BCUT2D eigenvalue weighted by Gasteiger charge is -2.33. The number of hydrogen-bond acceptors (Lipinski definition) is 8. The van der Waals surface area contributed by atoms with Crippen LogP contribution < -0.4 is 4.90 Å². The van der Waals surface area contributed by atoms with Gasteiger partial charge in [0.05, 0.1) is 6.54 Å². The van der Waals surface area contributed by atoms with Gasteiger partial charge in [-0.15, -0.1) is 0 Å². The molecule has 3 heterocycles. The SMILES string of the molecule is COCc1noc(CN2CCN(c3ncc(C)cn3)CC2)n1. The first kappa shape index (κ1) is 14.9. The Bertz CT molecular complexity index is 592. The summed E-state index contributed by atoms with van der Waals surface area (Å²) in [5, 5.41) is 3.87. The predicted molar refractivity (Wildman–Crippen MR) is 79.3 cm³/mol. The molecule has 1 fully saturated rings. The van der Waals surface area contributed by atoms with Crippen LogP contribution in [0.3, 0.4) is 0 Å². The van der Waals surface area contributed by atoms with Gasteiger partial charge in [0.25, 0.3) is 0 Å². The molecule has 1 aliphatic heterocycles. The first-order chi connectivity index (χ1) is 10.7. The van der Waals surface area contributed by atoms with E-state index in [1.807, 2.05) is 19.3 Å². The number of rotatable bonds is 5. The van der Waals surface area contributed by atoms with Crippen LogP contribution in [0.4, 0.5) is 5.95 Å². The predicted octanol–water partition coefficient (Wildman–Crippen LogP) is 0.637. The van der Waals surface area contributed by atoms with Crippen LogP contribution in [0.15, 0.2) is 16.9 Å². The van der Waals surface area contributed by atoms with Gasteiger partial charge in [0, 0.05) is 45.7 Å². The first-order valence-electron chi connectivity index (χ1n) is 7.31. The Hall–Kier alpha value is -2.06. The van der Waals surface area contributed by atoms with Crippen molar-refractivity contribution in [3.63, 3.8) is 0 Å². The molecule has 0 aromatic carbocycles. The summed E-state index contributed by atoms with van der Waals surface area (Å²) in [4.78, 5) is 17.5. The molecule has 2 aromatic heterocycles. The van der Waals surface area contributed by atoms with Crippen molar-refractivity contribution in [1.29, 1.82) is 0 Å². The van der Waals surface area contributed by atoms with Crippen LogP contribution >= 0.6 is 0 Å². The summed E-state index contributed by atoms with van der Waals surface area (Å²) in [6, 6.07) is 0. The fourth-order valence-electron chi connectivity index (χ4n) is 2.39. The van der Waals surface area contributed by atoms with E-state index >= 15 is 0 Å². The lowest BCUT2D eigenvalue weighted by molar-refractivity contribution is 0.174. The van der Waals surface area contributed by atoms with Crippen molar-refractivity contribution in [2.24, 2.45) is 0 Å². The molecule has 2 aromatic rings. The average molecular weight is 304 g/mol. The third-order valence-corrected chi connectivity index (χ3v) is 3.56. The summed E-state index contributed by atoms with van der Waals surface area (Å²) in [5.41, 5.74) is 1.07. The van der Waals surface area contributed by atoms with Gasteiger partial charge in [-0.3, -0.25) is 4.90 Å². The molecule has 0 N–H and O–H groups in total. The minimum Gasteiger partial charge on any atom is -0.377 e. The lowest BCUT2D eigenvalue weighted by atomic mass is 10.3. The Balaban J connectivity index is 1.51. The number of ether oxygens (including phenoxy) is 1. The Labute approximate surface area is 129 Å². The van der Waals surface area contributed by atoms with Crippen LogP contribution in [0.2, 0.25) is 0 Å². The van der Waals surface area contributed by atoms with Gasteiger partial charge in [-0.05, 0) is 12.5 Å². The molecule has 0 spiro atoms. The molecule has 1 saturated heterocycles. The van der Waals surface area contributed by atoms with Crippen molar-refractivity contribution < 1.29 is 9.26 Å². The summed E-state index contributed by atoms with van der Waals surface area (Å²) in [6.07, 6.45) is 3.70. The summed E-state index contributed by atoms with van der Waals surface area (Å²) in [5.74, 6) is 2.02. The lowest BCUT2D eigenvalue weighted by Crippen LogP contribution is -2.46. The molecule has 0 saturated carbocycles. The zero-order valence-corrected chi connectivity index (χ0v) is 12.9. The monoisotopic (exact) mass is 304 g/mol. The van der Waals surface area contributed by atoms with Crippen LogP contribution in [0, 0.1) is 6.92 Å². The van der Waals surface area contributed by atoms with Crippen LogP contribution in [-0.4, -0.2) is 58.3 Å². The number of piperazine rings is 1.